The molecule has 1 unspecified atom stereocenters. The monoisotopic (exact) mass is 260 g/mol. The molecule has 3 N–H and O–H groups in total. The molecular weight excluding hydrogens is 252 g/mol. The van der Waals surface area contributed by atoms with E-state index in [0.29, 0.717) is 0 Å². The lowest BCUT2D eigenvalue weighted by molar-refractivity contribution is -0.132. The van der Waals surface area contributed by atoms with Gasteiger partial charge in [-0.1, -0.05) is 6.58 Å². The lowest BCUT2D eigenvalue weighted by Gasteiger charge is -2.11. The normalized spacial score (nSPS) is 14.5. The minimum Gasteiger partial charge on any atom is -0.478 e. The van der Waals surface area contributed by atoms with Crippen LogP contribution in [0.25, 0.3) is 0 Å². The standard InChI is InChI=1S/C5H8O8S2/c1-3(5(6)7)4(15(11,12)13)2-14(8,9)10/h4H,1-2H2,(H,6,7)(H,8,9,10)(H,11,12,13). The molecule has 0 fully saturated rings. The van der Waals surface area contributed by atoms with E-state index in [1.54, 1.807) is 0 Å². The minimum absolute atomic E-state index is 1.05. The Kier molecular flexibility index (Phi) is 3.99. The highest BCUT2D eigenvalue weighted by Crippen LogP contribution is 2.12. The van der Waals surface area contributed by atoms with E-state index in [4.69, 9.17) is 14.2 Å². The zero-order valence-corrected chi connectivity index (χ0v) is 8.82. The summed E-state index contributed by atoms with van der Waals surface area (Å²) in [5.74, 6) is -3.25. The first-order valence-corrected chi connectivity index (χ1v) is 6.40. The van der Waals surface area contributed by atoms with E-state index in [1.165, 1.54) is 0 Å². The number of carbonyl (C=O) groups is 1. The van der Waals surface area contributed by atoms with Crippen molar-refractivity contribution in [2.24, 2.45) is 0 Å². The maximum absolute atomic E-state index is 10.6. The summed E-state index contributed by atoms with van der Waals surface area (Å²) in [5.41, 5.74) is -1.05. The van der Waals surface area contributed by atoms with Crippen LogP contribution < -0.4 is 0 Å². The SMILES string of the molecule is C=C(C(=O)O)C(CS(=O)(=O)O)S(=O)(=O)O. The maximum atomic E-state index is 10.6. The highest BCUT2D eigenvalue weighted by Gasteiger charge is 2.34. The average molecular weight is 260 g/mol. The number of hydrogen-bond acceptors (Lipinski definition) is 5. The molecule has 0 spiro atoms. The van der Waals surface area contributed by atoms with Crippen LogP contribution in [-0.2, 0) is 25.0 Å². The molecule has 0 aliphatic carbocycles. The summed E-state index contributed by atoms with van der Waals surface area (Å²) in [6.45, 7) is 2.79. The summed E-state index contributed by atoms with van der Waals surface area (Å²) < 4.78 is 58.8. The van der Waals surface area contributed by atoms with Crippen molar-refractivity contribution in [3.63, 3.8) is 0 Å². The van der Waals surface area contributed by atoms with Gasteiger partial charge >= 0.3 is 5.97 Å². The fraction of sp³-hybridized carbons (Fsp3) is 0.400. The van der Waals surface area contributed by atoms with Gasteiger partial charge in [0.25, 0.3) is 20.2 Å². The molecule has 0 heterocycles. The number of hydrogen-bond donors (Lipinski definition) is 3. The quantitative estimate of drug-likeness (QED) is 0.411. The lowest BCUT2D eigenvalue weighted by Crippen LogP contribution is -2.33. The lowest BCUT2D eigenvalue weighted by atomic mass is 10.2. The third-order valence-electron chi connectivity index (χ3n) is 1.38. The van der Waals surface area contributed by atoms with Gasteiger partial charge in [0.1, 0.15) is 5.25 Å². The molecule has 0 bridgehead atoms. The number of aliphatic carboxylic acids is 1. The Bertz CT molecular complexity index is 469. The Hall–Kier alpha value is -0.970. The van der Waals surface area contributed by atoms with Crippen molar-refractivity contribution < 1.29 is 35.8 Å². The fourth-order valence-corrected chi connectivity index (χ4v) is 2.94. The molecule has 0 amide bonds. The van der Waals surface area contributed by atoms with Gasteiger partial charge in [-0.3, -0.25) is 9.11 Å². The fourth-order valence-electron chi connectivity index (χ4n) is 0.695. The van der Waals surface area contributed by atoms with Crippen molar-refractivity contribution in [2.75, 3.05) is 5.75 Å². The van der Waals surface area contributed by atoms with Gasteiger partial charge in [-0.25, -0.2) is 4.79 Å². The van der Waals surface area contributed by atoms with Crippen molar-refractivity contribution >= 4 is 26.2 Å². The van der Waals surface area contributed by atoms with Crippen LogP contribution in [-0.4, -0.2) is 48.0 Å². The summed E-state index contributed by atoms with van der Waals surface area (Å²) in [5, 5.41) is 6.07. The van der Waals surface area contributed by atoms with Gasteiger partial charge in [0, 0.05) is 0 Å². The van der Waals surface area contributed by atoms with Gasteiger partial charge in [0.2, 0.25) is 0 Å². The first-order valence-electron chi connectivity index (χ1n) is 3.28. The largest absolute Gasteiger partial charge is 0.478 e. The molecule has 0 rings (SSSR count). The van der Waals surface area contributed by atoms with E-state index < -0.39 is 42.8 Å². The van der Waals surface area contributed by atoms with Crippen LogP contribution in [0.15, 0.2) is 12.2 Å². The van der Waals surface area contributed by atoms with E-state index in [9.17, 15) is 21.6 Å². The van der Waals surface area contributed by atoms with Crippen LogP contribution in [0.3, 0.4) is 0 Å². The smallest absolute Gasteiger partial charge is 0.332 e. The minimum atomic E-state index is -4.96. The average Bonchev–Trinajstić information content (AvgIpc) is 1.94. The molecule has 0 radical (unpaired) electrons. The Balaban J connectivity index is 5.29. The van der Waals surface area contributed by atoms with Gasteiger partial charge < -0.3 is 5.11 Å². The van der Waals surface area contributed by atoms with Crippen LogP contribution >= 0.6 is 0 Å². The zero-order chi connectivity index (χ0) is 12.4. The topological polar surface area (TPSA) is 146 Å². The summed E-state index contributed by atoms with van der Waals surface area (Å²) in [6.07, 6.45) is 0. The first-order chi connectivity index (χ1) is 6.45. The predicted molar refractivity (Wildman–Crippen MR) is 48.5 cm³/mol. The van der Waals surface area contributed by atoms with E-state index in [0.717, 1.165) is 0 Å². The van der Waals surface area contributed by atoms with Crippen molar-refractivity contribution in [2.45, 2.75) is 5.25 Å². The maximum Gasteiger partial charge on any atom is 0.332 e. The molecule has 15 heavy (non-hydrogen) atoms. The van der Waals surface area contributed by atoms with Gasteiger partial charge in [-0.05, 0) is 0 Å². The highest BCUT2D eigenvalue weighted by molar-refractivity contribution is 7.90. The van der Waals surface area contributed by atoms with E-state index in [1.807, 2.05) is 0 Å². The summed E-state index contributed by atoms with van der Waals surface area (Å²) in [4.78, 5) is 10.3. The molecule has 0 saturated carbocycles. The molecule has 88 valence electrons. The predicted octanol–water partition coefficient (Wildman–Crippen LogP) is -1.23. The van der Waals surface area contributed by atoms with Crippen molar-refractivity contribution in [3.05, 3.63) is 12.2 Å². The van der Waals surface area contributed by atoms with Gasteiger partial charge in [0.15, 0.2) is 0 Å². The van der Waals surface area contributed by atoms with E-state index >= 15 is 0 Å². The summed E-state index contributed by atoms with van der Waals surface area (Å²) >= 11 is 0. The number of carboxylic acid groups (broad SMARTS) is 1. The Morgan fingerprint density at radius 3 is 1.80 bits per heavy atom. The van der Waals surface area contributed by atoms with Gasteiger partial charge in [0.05, 0.1) is 11.3 Å². The Labute approximate surface area is 85.7 Å². The van der Waals surface area contributed by atoms with E-state index in [2.05, 4.69) is 6.58 Å². The number of rotatable bonds is 5. The second kappa shape index (κ2) is 4.26. The third kappa shape index (κ3) is 4.88. The van der Waals surface area contributed by atoms with Crippen LogP contribution in [0.1, 0.15) is 0 Å². The Morgan fingerprint density at radius 2 is 1.60 bits per heavy atom. The molecule has 0 aromatic heterocycles. The third-order valence-corrected chi connectivity index (χ3v) is 3.52. The molecule has 0 aromatic rings. The molecule has 0 aliphatic rings. The van der Waals surface area contributed by atoms with E-state index in [-0.39, 0.29) is 0 Å². The second-order valence-corrected chi connectivity index (χ2v) is 5.68. The van der Waals surface area contributed by atoms with Gasteiger partial charge in [-0.2, -0.15) is 16.8 Å². The molecule has 10 heteroatoms. The van der Waals surface area contributed by atoms with Crippen LogP contribution in [0, 0.1) is 0 Å². The molecule has 0 aromatic carbocycles. The van der Waals surface area contributed by atoms with Crippen LogP contribution in [0.5, 0.6) is 0 Å². The molecule has 8 nitrogen and oxygen atoms in total. The first kappa shape index (κ1) is 14.0. The van der Waals surface area contributed by atoms with Crippen molar-refractivity contribution in [1.29, 1.82) is 0 Å². The number of carboxylic acids is 1. The van der Waals surface area contributed by atoms with Crippen LogP contribution in [0.4, 0.5) is 0 Å². The highest BCUT2D eigenvalue weighted by atomic mass is 32.2. The van der Waals surface area contributed by atoms with Crippen molar-refractivity contribution in [3.8, 4) is 0 Å². The molecule has 0 aliphatic heterocycles. The van der Waals surface area contributed by atoms with Crippen LogP contribution in [0.2, 0.25) is 0 Å². The molecular formula is C5H8O8S2. The zero-order valence-electron chi connectivity index (χ0n) is 7.19. The summed E-state index contributed by atoms with van der Waals surface area (Å²) in [7, 11) is -9.71. The van der Waals surface area contributed by atoms with Crippen molar-refractivity contribution in [1.82, 2.24) is 0 Å². The molecule has 1 atom stereocenters. The van der Waals surface area contributed by atoms with Gasteiger partial charge in [-0.15, -0.1) is 0 Å². The Morgan fingerprint density at radius 1 is 1.20 bits per heavy atom. The molecule has 0 saturated heterocycles. The summed E-state index contributed by atoms with van der Waals surface area (Å²) in [6, 6.07) is 0. The second-order valence-electron chi connectivity index (χ2n) is 2.58.